The Bertz CT molecular complexity index is 340. The summed E-state index contributed by atoms with van der Waals surface area (Å²) in [6.45, 7) is 7.38. The molecule has 2 aliphatic rings. The highest BCUT2D eigenvalue weighted by molar-refractivity contribution is 7.90. The van der Waals surface area contributed by atoms with Crippen LogP contribution in [0.25, 0.3) is 0 Å². The van der Waals surface area contributed by atoms with Gasteiger partial charge in [-0.05, 0) is 37.8 Å². The van der Waals surface area contributed by atoms with Crippen LogP contribution < -0.4 is 5.32 Å². The zero-order valence-electron chi connectivity index (χ0n) is 10.1. The molecule has 0 amide bonds. The number of nitrogens with zero attached hydrogens (tertiary/aromatic N) is 1. The minimum atomic E-state index is -3.01. The van der Waals surface area contributed by atoms with E-state index in [0.717, 1.165) is 32.5 Å². The van der Waals surface area contributed by atoms with E-state index in [1.807, 2.05) is 0 Å². The predicted octanol–water partition coefficient (Wildman–Crippen LogP) is 0.656. The Kier molecular flexibility index (Phi) is 3.56. The number of fused-ring (bicyclic) bond motifs is 1. The molecule has 2 fully saturated rings. The van der Waals surface area contributed by atoms with Crippen molar-refractivity contribution in [3.8, 4) is 0 Å². The number of sulfonamides is 1. The van der Waals surface area contributed by atoms with Crippen LogP contribution in [0.2, 0.25) is 0 Å². The Labute approximate surface area is 98.4 Å². The monoisotopic (exact) mass is 246 g/mol. The summed E-state index contributed by atoms with van der Waals surface area (Å²) in [6.07, 6.45) is 1.78. The van der Waals surface area contributed by atoms with Gasteiger partial charge in [0, 0.05) is 13.1 Å². The summed E-state index contributed by atoms with van der Waals surface area (Å²) in [5.74, 6) is 0.758. The lowest BCUT2D eigenvalue weighted by molar-refractivity contribution is 0.350. The Morgan fingerprint density at radius 3 is 2.69 bits per heavy atom. The van der Waals surface area contributed by atoms with Gasteiger partial charge in [-0.3, -0.25) is 0 Å². The number of rotatable bonds is 2. The molecular weight excluding hydrogens is 224 g/mol. The van der Waals surface area contributed by atoms with E-state index < -0.39 is 10.0 Å². The van der Waals surface area contributed by atoms with E-state index in [0.29, 0.717) is 18.4 Å². The smallest absolute Gasteiger partial charge is 0.217 e. The van der Waals surface area contributed by atoms with Gasteiger partial charge in [0.2, 0.25) is 10.0 Å². The molecule has 16 heavy (non-hydrogen) atoms. The lowest BCUT2D eigenvalue weighted by atomic mass is 10.0. The Balaban J connectivity index is 2.16. The van der Waals surface area contributed by atoms with Crippen LogP contribution in [0.4, 0.5) is 0 Å². The fraction of sp³-hybridized carbons (Fsp3) is 1.00. The standard InChI is InChI=1S/C11H22N2O2S/c1-9(2)7-13-8-10-3-5-12-6-4-11(10)16(13,14)15/h9-12H,3-8H2,1-2H3/t10-,11+/m0/s1. The van der Waals surface area contributed by atoms with E-state index in [1.54, 1.807) is 4.31 Å². The van der Waals surface area contributed by atoms with Crippen LogP contribution in [0.1, 0.15) is 26.7 Å². The van der Waals surface area contributed by atoms with Crippen molar-refractivity contribution in [3.63, 3.8) is 0 Å². The fourth-order valence-corrected chi connectivity index (χ4v) is 5.23. The normalized spacial score (nSPS) is 34.9. The molecular formula is C11H22N2O2S. The minimum Gasteiger partial charge on any atom is -0.317 e. The summed E-state index contributed by atoms with van der Waals surface area (Å²) >= 11 is 0. The molecule has 5 heteroatoms. The van der Waals surface area contributed by atoms with Crippen molar-refractivity contribution in [2.24, 2.45) is 11.8 Å². The third-order valence-electron chi connectivity index (χ3n) is 3.57. The summed E-state index contributed by atoms with van der Waals surface area (Å²) in [5.41, 5.74) is 0. The molecule has 2 saturated heterocycles. The summed E-state index contributed by atoms with van der Waals surface area (Å²) in [7, 11) is -3.01. The van der Waals surface area contributed by atoms with Crippen LogP contribution in [0, 0.1) is 11.8 Å². The molecule has 4 nitrogen and oxygen atoms in total. The van der Waals surface area contributed by atoms with Gasteiger partial charge < -0.3 is 5.32 Å². The van der Waals surface area contributed by atoms with Crippen LogP contribution >= 0.6 is 0 Å². The van der Waals surface area contributed by atoms with E-state index in [4.69, 9.17) is 0 Å². The number of hydrogen-bond acceptors (Lipinski definition) is 3. The second-order valence-electron chi connectivity index (χ2n) is 5.38. The second kappa shape index (κ2) is 4.63. The highest BCUT2D eigenvalue weighted by Crippen LogP contribution is 2.33. The van der Waals surface area contributed by atoms with Gasteiger partial charge in [-0.1, -0.05) is 13.8 Å². The molecule has 2 heterocycles. The van der Waals surface area contributed by atoms with Gasteiger partial charge in [-0.15, -0.1) is 0 Å². The summed E-state index contributed by atoms with van der Waals surface area (Å²) in [4.78, 5) is 0. The maximum Gasteiger partial charge on any atom is 0.217 e. The van der Waals surface area contributed by atoms with E-state index in [9.17, 15) is 8.42 Å². The second-order valence-corrected chi connectivity index (χ2v) is 7.53. The minimum absolute atomic E-state index is 0.124. The van der Waals surface area contributed by atoms with Crippen molar-refractivity contribution in [1.82, 2.24) is 9.62 Å². The van der Waals surface area contributed by atoms with Crippen molar-refractivity contribution in [3.05, 3.63) is 0 Å². The molecule has 0 saturated carbocycles. The molecule has 0 bridgehead atoms. The van der Waals surface area contributed by atoms with E-state index in [1.165, 1.54) is 0 Å². The van der Waals surface area contributed by atoms with Crippen LogP contribution in [0.3, 0.4) is 0 Å². The van der Waals surface area contributed by atoms with E-state index in [-0.39, 0.29) is 5.25 Å². The highest BCUT2D eigenvalue weighted by atomic mass is 32.2. The van der Waals surface area contributed by atoms with Crippen molar-refractivity contribution >= 4 is 10.0 Å². The SMILES string of the molecule is CC(C)CN1C[C@@H]2CCNCC[C@H]2S1(=O)=O. The molecule has 2 atom stereocenters. The van der Waals surface area contributed by atoms with Crippen LogP contribution in [0.15, 0.2) is 0 Å². The molecule has 1 N–H and O–H groups in total. The van der Waals surface area contributed by atoms with Crippen LogP contribution in [-0.2, 0) is 10.0 Å². The molecule has 2 rings (SSSR count). The van der Waals surface area contributed by atoms with Crippen molar-refractivity contribution in [1.29, 1.82) is 0 Å². The summed E-state index contributed by atoms with van der Waals surface area (Å²) in [5, 5.41) is 3.16. The zero-order valence-corrected chi connectivity index (χ0v) is 11.0. The molecule has 0 aromatic rings. The largest absolute Gasteiger partial charge is 0.317 e. The lowest BCUT2D eigenvalue weighted by Gasteiger charge is -2.18. The number of hydrogen-bond donors (Lipinski definition) is 1. The van der Waals surface area contributed by atoms with Gasteiger partial charge in [0.1, 0.15) is 0 Å². The first-order valence-electron chi connectivity index (χ1n) is 6.21. The highest BCUT2D eigenvalue weighted by Gasteiger charge is 2.45. The molecule has 0 spiro atoms. The molecule has 0 radical (unpaired) electrons. The molecule has 0 unspecified atom stereocenters. The molecule has 0 aliphatic carbocycles. The Morgan fingerprint density at radius 1 is 1.31 bits per heavy atom. The number of nitrogens with one attached hydrogen (secondary N) is 1. The quantitative estimate of drug-likeness (QED) is 0.778. The first-order valence-corrected chi connectivity index (χ1v) is 7.72. The molecule has 0 aromatic carbocycles. The Hall–Kier alpha value is -0.130. The van der Waals surface area contributed by atoms with Gasteiger partial charge >= 0.3 is 0 Å². The van der Waals surface area contributed by atoms with Crippen molar-refractivity contribution < 1.29 is 8.42 Å². The summed E-state index contributed by atoms with van der Waals surface area (Å²) < 4.78 is 26.3. The zero-order chi connectivity index (χ0) is 11.8. The maximum absolute atomic E-state index is 12.3. The van der Waals surface area contributed by atoms with E-state index in [2.05, 4.69) is 19.2 Å². The van der Waals surface area contributed by atoms with Gasteiger partial charge in [-0.25, -0.2) is 12.7 Å². The molecule has 0 aromatic heterocycles. The van der Waals surface area contributed by atoms with Crippen molar-refractivity contribution in [2.45, 2.75) is 31.9 Å². The van der Waals surface area contributed by atoms with Crippen LogP contribution in [0.5, 0.6) is 0 Å². The van der Waals surface area contributed by atoms with Gasteiger partial charge in [0.25, 0.3) is 0 Å². The topological polar surface area (TPSA) is 49.4 Å². The Morgan fingerprint density at radius 2 is 2.00 bits per heavy atom. The lowest BCUT2D eigenvalue weighted by Crippen LogP contribution is -2.33. The molecule has 2 aliphatic heterocycles. The van der Waals surface area contributed by atoms with Crippen molar-refractivity contribution in [2.75, 3.05) is 26.2 Å². The maximum atomic E-state index is 12.3. The molecule has 94 valence electrons. The third-order valence-corrected chi connectivity index (χ3v) is 5.98. The first-order chi connectivity index (χ1) is 7.51. The van der Waals surface area contributed by atoms with Gasteiger partial charge in [-0.2, -0.15) is 0 Å². The first kappa shape index (κ1) is 12.3. The average Bonchev–Trinajstić information content (AvgIpc) is 2.41. The third kappa shape index (κ3) is 2.26. The predicted molar refractivity (Wildman–Crippen MR) is 64.7 cm³/mol. The van der Waals surface area contributed by atoms with Crippen LogP contribution in [-0.4, -0.2) is 44.2 Å². The van der Waals surface area contributed by atoms with Gasteiger partial charge in [0.15, 0.2) is 0 Å². The fourth-order valence-electron chi connectivity index (χ4n) is 2.82. The summed E-state index contributed by atoms with van der Waals surface area (Å²) in [6, 6.07) is 0. The van der Waals surface area contributed by atoms with E-state index >= 15 is 0 Å². The average molecular weight is 246 g/mol. The van der Waals surface area contributed by atoms with Gasteiger partial charge in [0.05, 0.1) is 5.25 Å².